The van der Waals surface area contributed by atoms with Crippen molar-refractivity contribution in [2.24, 2.45) is 5.92 Å². The van der Waals surface area contributed by atoms with Crippen LogP contribution in [0.2, 0.25) is 0 Å². The largest absolute Gasteiger partial charge is 0.391 e. The van der Waals surface area contributed by atoms with Crippen LogP contribution in [0, 0.1) is 12.8 Å². The molecule has 1 heterocycles. The Morgan fingerprint density at radius 3 is 3.00 bits per heavy atom. The van der Waals surface area contributed by atoms with Crippen molar-refractivity contribution in [3.05, 3.63) is 35.4 Å². The molecule has 4 heteroatoms. The second kappa shape index (κ2) is 5.29. The molecule has 0 aromatic heterocycles. The Morgan fingerprint density at radius 1 is 1.53 bits per heavy atom. The van der Waals surface area contributed by atoms with E-state index in [1.807, 2.05) is 25.1 Å². The predicted molar refractivity (Wildman–Crippen MR) is 65.9 cm³/mol. The number of aliphatic hydroxyl groups excluding tert-OH is 1. The van der Waals surface area contributed by atoms with E-state index in [9.17, 15) is 9.90 Å². The number of aliphatic hydroxyl groups is 1. The third-order valence-corrected chi connectivity index (χ3v) is 3.11. The lowest BCUT2D eigenvalue weighted by Gasteiger charge is -2.14. The molecule has 2 rings (SSSR count). The van der Waals surface area contributed by atoms with Crippen molar-refractivity contribution >= 4 is 5.91 Å². The third kappa shape index (κ3) is 3.05. The molecular formula is C13H18N2O2. The van der Waals surface area contributed by atoms with Crippen LogP contribution in [0.3, 0.4) is 0 Å². The van der Waals surface area contributed by atoms with Gasteiger partial charge >= 0.3 is 0 Å². The molecule has 17 heavy (non-hydrogen) atoms. The van der Waals surface area contributed by atoms with Crippen LogP contribution in [-0.2, 0) is 0 Å². The average Bonchev–Trinajstić information content (AvgIpc) is 2.72. The maximum atomic E-state index is 11.8. The Bertz CT molecular complexity index is 406. The molecule has 3 N–H and O–H groups in total. The number of hydrogen-bond donors (Lipinski definition) is 3. The Labute approximate surface area is 101 Å². The molecule has 0 radical (unpaired) electrons. The van der Waals surface area contributed by atoms with Crippen molar-refractivity contribution in [1.82, 2.24) is 10.6 Å². The Hall–Kier alpha value is -1.39. The smallest absolute Gasteiger partial charge is 0.251 e. The fourth-order valence-electron chi connectivity index (χ4n) is 2.04. The van der Waals surface area contributed by atoms with Crippen molar-refractivity contribution in [3.8, 4) is 0 Å². The normalized spacial score (nSPS) is 23.6. The first-order chi connectivity index (χ1) is 8.16. The molecule has 2 unspecified atom stereocenters. The summed E-state index contributed by atoms with van der Waals surface area (Å²) in [6, 6.07) is 7.49. The summed E-state index contributed by atoms with van der Waals surface area (Å²) in [4.78, 5) is 11.8. The number of rotatable bonds is 3. The lowest BCUT2D eigenvalue weighted by molar-refractivity contribution is 0.0927. The summed E-state index contributed by atoms with van der Waals surface area (Å²) in [5.74, 6) is 0.0385. The van der Waals surface area contributed by atoms with Crippen molar-refractivity contribution in [2.75, 3.05) is 19.6 Å². The number of carbonyl (C=O) groups is 1. The van der Waals surface area contributed by atoms with Crippen molar-refractivity contribution in [1.29, 1.82) is 0 Å². The fourth-order valence-corrected chi connectivity index (χ4v) is 2.04. The fraction of sp³-hybridized carbons (Fsp3) is 0.462. The van der Waals surface area contributed by atoms with Gasteiger partial charge in [0, 0.05) is 31.1 Å². The highest BCUT2D eigenvalue weighted by Gasteiger charge is 2.25. The molecule has 92 valence electrons. The zero-order valence-electron chi connectivity index (χ0n) is 9.94. The van der Waals surface area contributed by atoms with Gasteiger partial charge in [0.15, 0.2) is 0 Å². The summed E-state index contributed by atoms with van der Waals surface area (Å²) in [7, 11) is 0. The highest BCUT2D eigenvalue weighted by Crippen LogP contribution is 2.08. The molecule has 0 saturated carbocycles. The summed E-state index contributed by atoms with van der Waals surface area (Å²) >= 11 is 0. The molecule has 1 amide bonds. The van der Waals surface area contributed by atoms with Gasteiger partial charge in [0.05, 0.1) is 6.10 Å². The number of benzene rings is 1. The van der Waals surface area contributed by atoms with Gasteiger partial charge in [-0.3, -0.25) is 4.79 Å². The van der Waals surface area contributed by atoms with E-state index in [-0.39, 0.29) is 17.9 Å². The molecular weight excluding hydrogens is 216 g/mol. The van der Waals surface area contributed by atoms with Gasteiger partial charge in [-0.2, -0.15) is 0 Å². The summed E-state index contributed by atoms with van der Waals surface area (Å²) in [6.07, 6.45) is -0.354. The van der Waals surface area contributed by atoms with Crippen molar-refractivity contribution < 1.29 is 9.90 Å². The van der Waals surface area contributed by atoms with Crippen LogP contribution >= 0.6 is 0 Å². The zero-order valence-corrected chi connectivity index (χ0v) is 9.94. The van der Waals surface area contributed by atoms with Gasteiger partial charge in [-0.25, -0.2) is 0 Å². The number of aryl methyl sites for hydroxylation is 1. The number of β-amino-alcohol motifs (C(OH)–C–C–N with tert-alkyl or cyclic N) is 1. The van der Waals surface area contributed by atoms with E-state index in [4.69, 9.17) is 0 Å². The van der Waals surface area contributed by atoms with Gasteiger partial charge in [-0.05, 0) is 19.1 Å². The quantitative estimate of drug-likeness (QED) is 0.705. The van der Waals surface area contributed by atoms with E-state index in [1.165, 1.54) is 0 Å². The van der Waals surface area contributed by atoms with E-state index in [2.05, 4.69) is 10.6 Å². The molecule has 1 aromatic carbocycles. The van der Waals surface area contributed by atoms with Crippen molar-refractivity contribution in [3.63, 3.8) is 0 Å². The highest BCUT2D eigenvalue weighted by molar-refractivity contribution is 5.94. The van der Waals surface area contributed by atoms with Crippen LogP contribution in [-0.4, -0.2) is 36.8 Å². The topological polar surface area (TPSA) is 61.4 Å². The summed E-state index contributed by atoms with van der Waals surface area (Å²) in [6.45, 7) is 3.85. The molecule has 1 saturated heterocycles. The van der Waals surface area contributed by atoms with Gasteiger partial charge in [0.25, 0.3) is 5.91 Å². The minimum Gasteiger partial charge on any atom is -0.391 e. The minimum atomic E-state index is -0.354. The molecule has 1 aliphatic heterocycles. The van der Waals surface area contributed by atoms with Gasteiger partial charge in [0.2, 0.25) is 0 Å². The molecule has 0 spiro atoms. The molecule has 1 aromatic rings. The standard InChI is InChI=1S/C13H18N2O2/c1-9-3-2-4-10(5-9)13(17)15-7-11-6-14-8-12(11)16/h2-5,11-12,14,16H,6-8H2,1H3,(H,15,17). The van der Waals surface area contributed by atoms with Crippen LogP contribution in [0.4, 0.5) is 0 Å². The molecule has 4 nitrogen and oxygen atoms in total. The van der Waals surface area contributed by atoms with E-state index in [0.29, 0.717) is 18.7 Å². The van der Waals surface area contributed by atoms with Gasteiger partial charge in [-0.15, -0.1) is 0 Å². The number of hydrogen-bond acceptors (Lipinski definition) is 3. The second-order valence-electron chi connectivity index (χ2n) is 4.57. The van der Waals surface area contributed by atoms with Crippen LogP contribution in [0.15, 0.2) is 24.3 Å². The molecule has 0 aliphatic carbocycles. The lowest BCUT2D eigenvalue weighted by Crippen LogP contribution is -2.34. The second-order valence-corrected chi connectivity index (χ2v) is 4.57. The maximum absolute atomic E-state index is 11.8. The summed E-state index contributed by atoms with van der Waals surface area (Å²) < 4.78 is 0. The molecule has 1 aliphatic rings. The lowest BCUT2D eigenvalue weighted by atomic mass is 10.1. The number of amides is 1. The first-order valence-corrected chi connectivity index (χ1v) is 5.90. The number of nitrogens with one attached hydrogen (secondary N) is 2. The van der Waals surface area contributed by atoms with E-state index < -0.39 is 0 Å². The van der Waals surface area contributed by atoms with E-state index in [0.717, 1.165) is 12.1 Å². The van der Waals surface area contributed by atoms with Crippen LogP contribution in [0.25, 0.3) is 0 Å². The SMILES string of the molecule is Cc1cccc(C(=O)NCC2CNCC2O)c1. The van der Waals surface area contributed by atoms with Crippen LogP contribution < -0.4 is 10.6 Å². The van der Waals surface area contributed by atoms with E-state index >= 15 is 0 Å². The first-order valence-electron chi connectivity index (χ1n) is 5.90. The van der Waals surface area contributed by atoms with Gasteiger partial charge < -0.3 is 15.7 Å². The molecule has 1 fully saturated rings. The van der Waals surface area contributed by atoms with Crippen LogP contribution in [0.5, 0.6) is 0 Å². The Kier molecular flexibility index (Phi) is 3.76. The number of carbonyl (C=O) groups excluding carboxylic acids is 1. The van der Waals surface area contributed by atoms with Gasteiger partial charge in [0.1, 0.15) is 0 Å². The van der Waals surface area contributed by atoms with Crippen LogP contribution in [0.1, 0.15) is 15.9 Å². The third-order valence-electron chi connectivity index (χ3n) is 3.11. The maximum Gasteiger partial charge on any atom is 0.251 e. The monoisotopic (exact) mass is 234 g/mol. The zero-order chi connectivity index (χ0) is 12.3. The average molecular weight is 234 g/mol. The highest BCUT2D eigenvalue weighted by atomic mass is 16.3. The van der Waals surface area contributed by atoms with Gasteiger partial charge in [-0.1, -0.05) is 17.7 Å². The van der Waals surface area contributed by atoms with E-state index in [1.54, 1.807) is 6.07 Å². The first kappa shape index (κ1) is 12.1. The summed E-state index contributed by atoms with van der Waals surface area (Å²) in [5.41, 5.74) is 1.74. The predicted octanol–water partition coefficient (Wildman–Crippen LogP) is 0.305. The Morgan fingerprint density at radius 2 is 2.35 bits per heavy atom. The molecule has 2 atom stereocenters. The van der Waals surface area contributed by atoms with Crippen molar-refractivity contribution in [2.45, 2.75) is 13.0 Å². The minimum absolute atomic E-state index is 0.0761. The Balaban J connectivity index is 1.89. The molecule has 0 bridgehead atoms. The summed E-state index contributed by atoms with van der Waals surface area (Å²) in [5, 5.41) is 15.6.